The van der Waals surface area contributed by atoms with Crippen LogP contribution in [0.3, 0.4) is 0 Å². The Morgan fingerprint density at radius 1 is 0.797 bits per heavy atom. The molecule has 5 aromatic rings. The van der Waals surface area contributed by atoms with Gasteiger partial charge in [0.05, 0.1) is 64.3 Å². The van der Waals surface area contributed by atoms with E-state index in [0.29, 0.717) is 51.5 Å². The summed E-state index contributed by atoms with van der Waals surface area (Å²) >= 11 is 0. The number of hydrogen-bond acceptors (Lipinski definition) is 10. The van der Waals surface area contributed by atoms with E-state index in [0.717, 1.165) is 51.7 Å². The van der Waals surface area contributed by atoms with Crippen molar-refractivity contribution in [2.75, 3.05) is 47.1 Å². The summed E-state index contributed by atoms with van der Waals surface area (Å²) in [7, 11) is 1.71. The molecule has 314 valence electrons. The maximum Gasteiger partial charge on any atom is 0.410 e. The highest BCUT2D eigenvalue weighted by Gasteiger charge is 2.34. The number of carbonyl (C=O) groups excluding carboxylic acids is 2. The minimum Gasteiger partial charge on any atom is -0.496 e. The summed E-state index contributed by atoms with van der Waals surface area (Å²) in [5, 5.41) is 0. The normalized spacial score (nSPS) is 15.6. The lowest BCUT2D eigenvalue weighted by atomic mass is 9.87. The number of amides is 1. The van der Waals surface area contributed by atoms with E-state index in [1.165, 1.54) is 7.11 Å². The number of rotatable bonds is 20. The van der Waals surface area contributed by atoms with E-state index in [2.05, 4.69) is 31.8 Å². The molecule has 0 spiro atoms. The number of imidazole rings is 1. The fourth-order valence-corrected chi connectivity index (χ4v) is 7.80. The van der Waals surface area contributed by atoms with Crippen LogP contribution in [0.25, 0.3) is 11.0 Å². The molecule has 1 saturated heterocycles. The average Bonchev–Trinajstić information content (AvgIpc) is 3.63. The molecule has 1 aliphatic rings. The third-order valence-corrected chi connectivity index (χ3v) is 12.1. The predicted octanol–water partition coefficient (Wildman–Crippen LogP) is 8.84. The molecule has 13 heteroatoms. The standard InChI is InChI=1S/C46H57N3O9Si/c1-52-41-18-10-9-15-36(41)31-54-25-12-26-56-38-21-19-35(20-22-38)39-23-24-48(46(51)58-30-34-13-7-6-8-14-34)29-42(39)57-32-37-16-11-17-40-43(37)47-44(45(50)53-2)49(40)33-55-27-28-59(3,4)5/h6-11,13-22,39,42H,12,23-33H2,1-5H3. The molecule has 6 rings (SSSR count). The number of hydrogen-bond donors (Lipinski definition) is 0. The maximum atomic E-state index is 13.4. The second-order valence-electron chi connectivity index (χ2n) is 15.9. The van der Waals surface area contributed by atoms with Gasteiger partial charge in [-0.3, -0.25) is 4.57 Å². The lowest BCUT2D eigenvalue weighted by Crippen LogP contribution is -2.47. The molecular formula is C46H57N3O9Si. The minimum atomic E-state index is -1.30. The van der Waals surface area contributed by atoms with Crippen molar-refractivity contribution in [2.45, 2.75) is 77.1 Å². The van der Waals surface area contributed by atoms with E-state index in [1.54, 1.807) is 16.6 Å². The van der Waals surface area contributed by atoms with Crippen LogP contribution in [0.4, 0.5) is 4.79 Å². The van der Waals surface area contributed by atoms with Crippen LogP contribution in [-0.2, 0) is 50.2 Å². The van der Waals surface area contributed by atoms with Gasteiger partial charge >= 0.3 is 12.1 Å². The monoisotopic (exact) mass is 823 g/mol. The van der Waals surface area contributed by atoms with Gasteiger partial charge in [-0.1, -0.05) is 92.4 Å². The lowest BCUT2D eigenvalue weighted by Gasteiger charge is -2.38. The third-order valence-electron chi connectivity index (χ3n) is 10.4. The van der Waals surface area contributed by atoms with E-state index in [4.69, 9.17) is 38.1 Å². The number of carbonyl (C=O) groups is 2. The molecule has 0 radical (unpaired) electrons. The molecular weight excluding hydrogens is 767 g/mol. The van der Waals surface area contributed by atoms with E-state index in [1.807, 2.05) is 84.9 Å². The van der Waals surface area contributed by atoms with Crippen LogP contribution in [0.15, 0.2) is 97.1 Å². The Bertz CT molecular complexity index is 2100. The van der Waals surface area contributed by atoms with Crippen LogP contribution in [0.2, 0.25) is 25.7 Å². The second-order valence-corrected chi connectivity index (χ2v) is 21.5. The van der Waals surface area contributed by atoms with Crippen LogP contribution in [0.1, 0.15) is 51.6 Å². The summed E-state index contributed by atoms with van der Waals surface area (Å²) < 4.78 is 42.7. The van der Waals surface area contributed by atoms with Crippen molar-refractivity contribution in [3.05, 3.63) is 125 Å². The van der Waals surface area contributed by atoms with Crippen molar-refractivity contribution in [2.24, 2.45) is 0 Å². The molecule has 0 N–H and O–H groups in total. The number of para-hydroxylation sites is 2. The average molecular weight is 824 g/mol. The summed E-state index contributed by atoms with van der Waals surface area (Å²) in [6, 6.07) is 32.4. The molecule has 59 heavy (non-hydrogen) atoms. The second kappa shape index (κ2) is 21.2. The molecule has 12 nitrogen and oxygen atoms in total. The predicted molar refractivity (Wildman–Crippen MR) is 229 cm³/mol. The Labute approximate surface area is 348 Å². The van der Waals surface area contributed by atoms with Crippen molar-refractivity contribution in [1.29, 1.82) is 0 Å². The fraction of sp³-hybridized carbons (Fsp3) is 0.413. The quantitative estimate of drug-likeness (QED) is 0.0428. The van der Waals surface area contributed by atoms with Crippen LogP contribution in [0.5, 0.6) is 11.5 Å². The van der Waals surface area contributed by atoms with Crippen molar-refractivity contribution in [3.63, 3.8) is 0 Å². The number of esters is 1. The van der Waals surface area contributed by atoms with Crippen molar-refractivity contribution >= 4 is 31.2 Å². The van der Waals surface area contributed by atoms with Gasteiger partial charge in [0.2, 0.25) is 5.82 Å². The summed E-state index contributed by atoms with van der Waals surface area (Å²) in [5.41, 5.74) is 5.23. The van der Waals surface area contributed by atoms with Gasteiger partial charge in [-0.05, 0) is 47.9 Å². The third kappa shape index (κ3) is 12.2. The van der Waals surface area contributed by atoms with Gasteiger partial charge in [-0.2, -0.15) is 0 Å². The van der Waals surface area contributed by atoms with Gasteiger partial charge in [-0.15, -0.1) is 0 Å². The molecule has 2 heterocycles. The van der Waals surface area contributed by atoms with Gasteiger partial charge in [0.1, 0.15) is 24.8 Å². The molecule has 0 aliphatic carbocycles. The number of ether oxygens (including phenoxy) is 7. The zero-order valence-corrected chi connectivity index (χ0v) is 35.9. The highest BCUT2D eigenvalue weighted by molar-refractivity contribution is 6.76. The molecule has 1 aromatic heterocycles. The van der Waals surface area contributed by atoms with Crippen LogP contribution >= 0.6 is 0 Å². The van der Waals surface area contributed by atoms with Gasteiger partial charge in [-0.25, -0.2) is 14.6 Å². The van der Waals surface area contributed by atoms with Crippen LogP contribution in [0, 0.1) is 0 Å². The molecule has 4 aromatic carbocycles. The fourth-order valence-electron chi connectivity index (χ4n) is 7.04. The van der Waals surface area contributed by atoms with Crippen molar-refractivity contribution in [1.82, 2.24) is 14.5 Å². The Balaban J connectivity index is 1.12. The lowest BCUT2D eigenvalue weighted by molar-refractivity contribution is -0.0243. The summed E-state index contributed by atoms with van der Waals surface area (Å²) in [5.74, 6) is 1.22. The molecule has 1 amide bonds. The zero-order chi connectivity index (χ0) is 41.6. The number of likely N-dealkylation sites (tertiary alicyclic amines) is 1. The minimum absolute atomic E-state index is 0.00671. The van der Waals surface area contributed by atoms with Crippen molar-refractivity contribution < 1.29 is 42.7 Å². The summed E-state index contributed by atoms with van der Waals surface area (Å²) in [6.45, 7) is 10.5. The molecule has 0 saturated carbocycles. The smallest absolute Gasteiger partial charge is 0.410 e. The zero-order valence-electron chi connectivity index (χ0n) is 34.9. The summed E-state index contributed by atoms with van der Waals surface area (Å²) in [6.07, 6.45) is 0.676. The van der Waals surface area contributed by atoms with E-state index < -0.39 is 14.0 Å². The first-order valence-corrected chi connectivity index (χ1v) is 24.0. The highest BCUT2D eigenvalue weighted by Crippen LogP contribution is 2.33. The number of nitrogens with zero attached hydrogens (tertiary/aromatic N) is 3. The number of aromatic nitrogens is 2. The van der Waals surface area contributed by atoms with Gasteiger partial charge < -0.3 is 38.1 Å². The van der Waals surface area contributed by atoms with Gasteiger partial charge in [0.25, 0.3) is 0 Å². The first-order chi connectivity index (χ1) is 28.6. The Kier molecular flexibility index (Phi) is 15.6. The van der Waals surface area contributed by atoms with E-state index in [9.17, 15) is 9.59 Å². The van der Waals surface area contributed by atoms with Crippen LogP contribution in [-0.4, -0.2) is 87.8 Å². The molecule has 1 fully saturated rings. The number of fused-ring (bicyclic) bond motifs is 1. The highest BCUT2D eigenvalue weighted by atomic mass is 28.3. The number of benzene rings is 4. The Hall–Kier alpha value is -5.21. The van der Waals surface area contributed by atoms with Crippen LogP contribution < -0.4 is 9.47 Å². The number of methoxy groups -OCH3 is 2. The Morgan fingerprint density at radius 3 is 2.32 bits per heavy atom. The first-order valence-electron chi connectivity index (χ1n) is 20.3. The van der Waals surface area contributed by atoms with E-state index >= 15 is 0 Å². The Morgan fingerprint density at radius 2 is 1.56 bits per heavy atom. The maximum absolute atomic E-state index is 13.4. The molecule has 2 atom stereocenters. The topological polar surface area (TPSA) is 120 Å². The summed E-state index contributed by atoms with van der Waals surface area (Å²) in [4.78, 5) is 32.7. The van der Waals surface area contributed by atoms with Gasteiger partial charge in [0.15, 0.2) is 0 Å². The molecule has 1 aliphatic heterocycles. The SMILES string of the molecule is COC(=O)c1nc2c(COC3CN(C(=O)OCc4ccccc4)CCC3c3ccc(OCCCOCc4ccccc4OC)cc3)cccc2n1COCC[Si](C)(C)C. The van der Waals surface area contributed by atoms with Crippen molar-refractivity contribution in [3.8, 4) is 11.5 Å². The molecule has 0 bridgehead atoms. The first kappa shape index (κ1) is 43.4. The van der Waals surface area contributed by atoms with E-state index in [-0.39, 0.29) is 43.9 Å². The largest absolute Gasteiger partial charge is 0.496 e. The number of piperidine rings is 1. The molecule has 2 unspecified atom stereocenters. The van der Waals surface area contributed by atoms with Gasteiger partial charge in [0, 0.05) is 44.7 Å².